The van der Waals surface area contributed by atoms with Crippen LogP contribution in [-0.4, -0.2) is 36.4 Å². The van der Waals surface area contributed by atoms with Crippen LogP contribution in [0.2, 0.25) is 0 Å². The Morgan fingerprint density at radius 3 is 2.61 bits per heavy atom. The summed E-state index contributed by atoms with van der Waals surface area (Å²) < 4.78 is 11.0. The lowest BCUT2D eigenvalue weighted by molar-refractivity contribution is 0.369. The van der Waals surface area contributed by atoms with E-state index in [0.29, 0.717) is 34.2 Å². The summed E-state index contributed by atoms with van der Waals surface area (Å²) in [6.45, 7) is 4.15. The normalized spacial score (nSPS) is 12.5. The second-order valence-electron chi connectivity index (χ2n) is 8.30. The summed E-state index contributed by atoms with van der Waals surface area (Å²) in [5.41, 5.74) is 15.8. The van der Waals surface area contributed by atoms with E-state index in [1.165, 1.54) is 0 Å². The molecule has 188 valence electrons. The van der Waals surface area contributed by atoms with Crippen LogP contribution in [0, 0.1) is 11.3 Å². The number of fused-ring (bicyclic) bond motifs is 1. The fraction of sp³-hybridized carbons (Fsp3) is 0.222. The second-order valence-corrected chi connectivity index (χ2v) is 8.30. The van der Waals surface area contributed by atoms with Crippen LogP contribution in [0.5, 0.6) is 11.5 Å². The van der Waals surface area contributed by atoms with Crippen LogP contribution in [0.3, 0.4) is 0 Å². The number of hydrogen-bond acceptors (Lipinski definition) is 9. The van der Waals surface area contributed by atoms with Gasteiger partial charge >= 0.3 is 0 Å². The third kappa shape index (κ3) is 6.75. The molecule has 3 aromatic rings. The zero-order valence-corrected chi connectivity index (χ0v) is 21.0. The predicted octanol–water partition coefficient (Wildman–Crippen LogP) is 4.01. The number of hydrogen-bond donors (Lipinski definition) is 5. The molecule has 0 saturated heterocycles. The quantitative estimate of drug-likeness (QED) is 0.202. The van der Waals surface area contributed by atoms with Crippen molar-refractivity contribution in [3.63, 3.8) is 0 Å². The van der Waals surface area contributed by atoms with Crippen molar-refractivity contribution in [3.05, 3.63) is 84.1 Å². The molecule has 3 rings (SSSR count). The highest BCUT2D eigenvalue weighted by Crippen LogP contribution is 2.23. The molecule has 0 spiro atoms. The Kier molecular flexibility index (Phi) is 8.88. The maximum atomic E-state index is 8.63. The minimum Gasteiger partial charge on any atom is -0.497 e. The summed E-state index contributed by atoms with van der Waals surface area (Å²) in [5.74, 6) is 2.56. The number of pyridine rings is 2. The van der Waals surface area contributed by atoms with Gasteiger partial charge in [0.05, 0.1) is 23.9 Å². The minimum atomic E-state index is 0.0713. The van der Waals surface area contributed by atoms with Gasteiger partial charge in [-0.25, -0.2) is 4.98 Å². The predicted molar refractivity (Wildman–Crippen MR) is 146 cm³/mol. The largest absolute Gasteiger partial charge is 0.497 e. The van der Waals surface area contributed by atoms with Crippen LogP contribution in [0.15, 0.2) is 78.5 Å². The zero-order valence-electron chi connectivity index (χ0n) is 21.0. The van der Waals surface area contributed by atoms with E-state index in [9.17, 15) is 0 Å². The maximum absolute atomic E-state index is 8.63. The monoisotopic (exact) mass is 487 g/mol. The van der Waals surface area contributed by atoms with E-state index in [-0.39, 0.29) is 18.2 Å². The van der Waals surface area contributed by atoms with Gasteiger partial charge < -0.3 is 37.0 Å². The van der Waals surface area contributed by atoms with Crippen molar-refractivity contribution in [1.82, 2.24) is 15.3 Å². The molecule has 0 radical (unpaired) electrons. The van der Waals surface area contributed by atoms with E-state index < -0.39 is 0 Å². The number of ether oxygens (including phenoxy) is 2. The van der Waals surface area contributed by atoms with Crippen LogP contribution >= 0.6 is 0 Å². The topological polar surface area (TPSA) is 144 Å². The molecule has 0 unspecified atom stereocenters. The minimum absolute atomic E-state index is 0.0713. The molecule has 0 aliphatic heterocycles. The van der Waals surface area contributed by atoms with Gasteiger partial charge in [-0.05, 0) is 54.1 Å². The van der Waals surface area contributed by atoms with Gasteiger partial charge in [-0.2, -0.15) is 0 Å². The maximum Gasteiger partial charge on any atom is 0.132 e. The Morgan fingerprint density at radius 1 is 1.14 bits per heavy atom. The molecule has 0 aliphatic rings. The van der Waals surface area contributed by atoms with Gasteiger partial charge in [0, 0.05) is 36.6 Å². The van der Waals surface area contributed by atoms with Crippen molar-refractivity contribution in [2.24, 2.45) is 17.4 Å². The standard InChI is InChI=1S/C27H33N7O2/c1-17(2)18(13-28)11-26(30)34-27-9-8-24-25(33-27)10-19(14-32-24)22(15-31-3)23(29)16-36-21-7-5-6-20(12-21)35-4/h5-15,17,29,31H,16,28,30H2,1-4H3,(H,33,34)/b18-13+,22-15-,26-11+,29-23?. The van der Waals surface area contributed by atoms with Crippen molar-refractivity contribution >= 4 is 28.1 Å². The molecule has 36 heavy (non-hydrogen) atoms. The molecule has 2 aromatic heterocycles. The first-order valence-corrected chi connectivity index (χ1v) is 11.5. The Bertz CT molecular complexity index is 1310. The van der Waals surface area contributed by atoms with Gasteiger partial charge in [0.15, 0.2) is 0 Å². The van der Waals surface area contributed by atoms with Crippen molar-refractivity contribution < 1.29 is 9.47 Å². The van der Waals surface area contributed by atoms with Crippen LogP contribution in [-0.2, 0) is 0 Å². The molecule has 0 fully saturated rings. The van der Waals surface area contributed by atoms with Gasteiger partial charge in [0.1, 0.15) is 29.7 Å². The van der Waals surface area contributed by atoms with Crippen molar-refractivity contribution in [3.8, 4) is 11.5 Å². The van der Waals surface area contributed by atoms with Gasteiger partial charge in [-0.3, -0.25) is 4.98 Å². The Balaban J connectivity index is 1.82. The summed E-state index contributed by atoms with van der Waals surface area (Å²) in [4.78, 5) is 9.19. The van der Waals surface area contributed by atoms with E-state index in [0.717, 1.165) is 16.7 Å². The smallest absolute Gasteiger partial charge is 0.132 e. The van der Waals surface area contributed by atoms with Crippen molar-refractivity contribution in [2.75, 3.05) is 26.1 Å². The summed E-state index contributed by atoms with van der Waals surface area (Å²) in [5, 5.41) is 14.7. The Morgan fingerprint density at radius 2 is 1.92 bits per heavy atom. The van der Waals surface area contributed by atoms with E-state index in [2.05, 4.69) is 20.6 Å². The lowest BCUT2D eigenvalue weighted by Gasteiger charge is -2.13. The van der Waals surface area contributed by atoms with Gasteiger partial charge in [-0.1, -0.05) is 19.9 Å². The van der Waals surface area contributed by atoms with Gasteiger partial charge in [0.25, 0.3) is 0 Å². The molecule has 0 aliphatic carbocycles. The molecule has 0 amide bonds. The number of allylic oxidation sites excluding steroid dienone is 2. The number of aromatic nitrogens is 2. The van der Waals surface area contributed by atoms with Crippen LogP contribution in [0.4, 0.5) is 5.82 Å². The SMILES string of the molecule is CN/C=C(\C(=N)COc1cccc(OC)c1)c1cnc2ccc(N/C(N)=C/C(=C\N)C(C)C)nc2c1. The summed E-state index contributed by atoms with van der Waals surface area (Å²) in [7, 11) is 3.38. The van der Waals surface area contributed by atoms with Crippen LogP contribution in [0.25, 0.3) is 16.6 Å². The zero-order chi connectivity index (χ0) is 26.1. The Labute approximate surface area is 211 Å². The molecule has 0 atom stereocenters. The van der Waals surface area contributed by atoms with Crippen LogP contribution in [0.1, 0.15) is 19.4 Å². The van der Waals surface area contributed by atoms with Crippen LogP contribution < -0.4 is 31.6 Å². The van der Waals surface area contributed by atoms with E-state index in [1.54, 1.807) is 44.9 Å². The van der Waals surface area contributed by atoms with Gasteiger partial charge in [-0.15, -0.1) is 0 Å². The lowest BCUT2D eigenvalue weighted by atomic mass is 10.0. The molecule has 9 heteroatoms. The number of nitrogens with zero attached hydrogens (tertiary/aromatic N) is 2. The molecular weight excluding hydrogens is 454 g/mol. The first kappa shape index (κ1) is 26.1. The third-order valence-electron chi connectivity index (χ3n) is 5.34. The average Bonchev–Trinajstić information content (AvgIpc) is 2.88. The average molecular weight is 488 g/mol. The van der Waals surface area contributed by atoms with E-state index in [1.807, 2.05) is 50.2 Å². The number of nitrogens with one attached hydrogen (secondary N) is 3. The molecule has 7 N–H and O–H groups in total. The number of methoxy groups -OCH3 is 1. The highest BCUT2D eigenvalue weighted by atomic mass is 16.5. The number of anilines is 1. The number of rotatable bonds is 11. The summed E-state index contributed by atoms with van der Waals surface area (Å²) in [6.07, 6.45) is 6.81. The van der Waals surface area contributed by atoms with Gasteiger partial charge in [0.2, 0.25) is 0 Å². The van der Waals surface area contributed by atoms with Crippen molar-refractivity contribution in [1.29, 1.82) is 5.41 Å². The summed E-state index contributed by atoms with van der Waals surface area (Å²) >= 11 is 0. The molecule has 0 bridgehead atoms. The molecule has 0 saturated carbocycles. The third-order valence-corrected chi connectivity index (χ3v) is 5.34. The van der Waals surface area contributed by atoms with E-state index in [4.69, 9.17) is 26.4 Å². The van der Waals surface area contributed by atoms with Crippen molar-refractivity contribution in [2.45, 2.75) is 13.8 Å². The van der Waals surface area contributed by atoms with E-state index >= 15 is 0 Å². The molecule has 1 aromatic carbocycles. The summed E-state index contributed by atoms with van der Waals surface area (Å²) in [6, 6.07) is 12.8. The first-order valence-electron chi connectivity index (χ1n) is 11.5. The lowest BCUT2D eigenvalue weighted by Crippen LogP contribution is -2.14. The highest BCUT2D eigenvalue weighted by Gasteiger charge is 2.12. The Hall–Kier alpha value is -4.53. The molecular formula is C27H33N7O2. The highest BCUT2D eigenvalue weighted by molar-refractivity contribution is 6.23. The fourth-order valence-corrected chi connectivity index (χ4v) is 3.41. The molecule has 9 nitrogen and oxygen atoms in total. The number of benzene rings is 1. The fourth-order valence-electron chi connectivity index (χ4n) is 3.41. The second kappa shape index (κ2) is 12.3. The number of nitrogens with two attached hydrogens (primary N) is 2. The first-order chi connectivity index (χ1) is 17.3. The molecule has 2 heterocycles.